The van der Waals surface area contributed by atoms with Gasteiger partial charge in [0.25, 0.3) is 0 Å². The van der Waals surface area contributed by atoms with Crippen LogP contribution in [0.15, 0.2) is 29.4 Å². The molecule has 5 nitrogen and oxygen atoms in total. The molecule has 0 saturated carbocycles. The number of ether oxygens (including phenoxy) is 3. The Kier molecular flexibility index (Phi) is 6.56. The van der Waals surface area contributed by atoms with Gasteiger partial charge in [-0.15, -0.1) is 0 Å². The van der Waals surface area contributed by atoms with E-state index in [0.717, 1.165) is 25.7 Å². The van der Waals surface area contributed by atoms with Crippen LogP contribution in [0.4, 0.5) is 0 Å². The Morgan fingerprint density at radius 2 is 1.74 bits per heavy atom. The summed E-state index contributed by atoms with van der Waals surface area (Å²) in [5, 5.41) is 10.5. The smallest absolute Gasteiger partial charge is 0.345 e. The summed E-state index contributed by atoms with van der Waals surface area (Å²) in [5.41, 5.74) is 4.39. The van der Waals surface area contributed by atoms with Crippen molar-refractivity contribution in [1.29, 1.82) is 0 Å². The van der Waals surface area contributed by atoms with E-state index in [9.17, 15) is 9.90 Å². The molecule has 2 heterocycles. The second kappa shape index (κ2) is 8.70. The van der Waals surface area contributed by atoms with Crippen LogP contribution >= 0.6 is 0 Å². The first-order chi connectivity index (χ1) is 14.4. The summed E-state index contributed by atoms with van der Waals surface area (Å²) in [4.78, 5) is 12.4. The molecule has 2 aliphatic heterocycles. The fourth-order valence-electron chi connectivity index (χ4n) is 4.04. The van der Waals surface area contributed by atoms with Gasteiger partial charge in [0.1, 0.15) is 17.1 Å². The third-order valence-electron chi connectivity index (χ3n) is 6.10. The van der Waals surface area contributed by atoms with Crippen LogP contribution in [-0.4, -0.2) is 28.6 Å². The van der Waals surface area contributed by atoms with Gasteiger partial charge in [0.05, 0.1) is 11.7 Å². The average Bonchev–Trinajstić information content (AvgIpc) is 3.24. The molecule has 1 N–H and O–H groups in total. The Hall–Kier alpha value is -2.27. The lowest BCUT2D eigenvalue weighted by molar-refractivity contribution is -0.127. The number of esters is 1. The number of carbonyl (C=O) groups is 1. The fraction of sp³-hybridized carbons (Fsp3) is 0.577. The van der Waals surface area contributed by atoms with Gasteiger partial charge in [-0.3, -0.25) is 0 Å². The lowest BCUT2D eigenvalue weighted by Gasteiger charge is -2.33. The molecule has 1 aromatic carbocycles. The van der Waals surface area contributed by atoms with Crippen LogP contribution in [0, 0.1) is 6.92 Å². The Morgan fingerprint density at radius 3 is 2.39 bits per heavy atom. The van der Waals surface area contributed by atoms with E-state index in [1.54, 1.807) is 26.8 Å². The Balaban J connectivity index is 1.62. The third-order valence-corrected chi connectivity index (χ3v) is 6.10. The molecule has 0 aromatic heterocycles. The van der Waals surface area contributed by atoms with Crippen molar-refractivity contribution in [3.8, 4) is 11.5 Å². The van der Waals surface area contributed by atoms with E-state index in [0.29, 0.717) is 35.0 Å². The van der Waals surface area contributed by atoms with Crippen molar-refractivity contribution < 1.29 is 24.1 Å². The summed E-state index contributed by atoms with van der Waals surface area (Å²) in [6, 6.07) is 1.61. The third kappa shape index (κ3) is 5.70. The molecule has 0 aliphatic carbocycles. The zero-order valence-corrected chi connectivity index (χ0v) is 19.9. The van der Waals surface area contributed by atoms with E-state index in [-0.39, 0.29) is 11.4 Å². The summed E-state index contributed by atoms with van der Waals surface area (Å²) < 4.78 is 16.9. The van der Waals surface area contributed by atoms with E-state index < -0.39 is 11.8 Å². The second-order valence-electron chi connectivity index (χ2n) is 9.88. The highest BCUT2D eigenvalue weighted by atomic mass is 16.7. The SMILES string of the molecule is C/C(=C\Cc1c(O)cc(C)c2c1OC(C)(C)OC2=O)CC/C=C(\C)CC[C@@H]1OC1(C)C. The van der Waals surface area contributed by atoms with Gasteiger partial charge in [-0.05, 0) is 78.4 Å². The number of phenols is 1. The maximum atomic E-state index is 12.4. The number of carbonyl (C=O) groups excluding carboxylic acids is 1. The van der Waals surface area contributed by atoms with Gasteiger partial charge >= 0.3 is 5.97 Å². The first-order valence-corrected chi connectivity index (χ1v) is 11.2. The molecular formula is C26H36O5. The molecule has 1 saturated heterocycles. The maximum Gasteiger partial charge on any atom is 0.345 e. The highest BCUT2D eigenvalue weighted by Crippen LogP contribution is 2.41. The highest BCUT2D eigenvalue weighted by molar-refractivity contribution is 5.96. The van der Waals surface area contributed by atoms with E-state index >= 15 is 0 Å². The van der Waals surface area contributed by atoms with Crippen molar-refractivity contribution in [3.05, 3.63) is 46.1 Å². The summed E-state index contributed by atoms with van der Waals surface area (Å²) in [6.45, 7) is 13.7. The number of cyclic esters (lactones) is 1. The molecule has 170 valence electrons. The predicted molar refractivity (Wildman–Crippen MR) is 122 cm³/mol. The van der Waals surface area contributed by atoms with Crippen molar-refractivity contribution in [2.24, 2.45) is 0 Å². The number of aryl methyl sites for hydroxylation is 1. The van der Waals surface area contributed by atoms with Gasteiger partial charge in [0, 0.05) is 19.4 Å². The Bertz CT molecular complexity index is 920. The van der Waals surface area contributed by atoms with Crippen LogP contribution in [0.5, 0.6) is 11.5 Å². The van der Waals surface area contributed by atoms with Crippen molar-refractivity contribution in [1.82, 2.24) is 0 Å². The Morgan fingerprint density at radius 1 is 1.10 bits per heavy atom. The number of rotatable bonds is 8. The van der Waals surface area contributed by atoms with Crippen molar-refractivity contribution in [3.63, 3.8) is 0 Å². The van der Waals surface area contributed by atoms with Gasteiger partial charge in [-0.1, -0.05) is 23.3 Å². The van der Waals surface area contributed by atoms with Crippen LogP contribution < -0.4 is 4.74 Å². The van der Waals surface area contributed by atoms with E-state index in [4.69, 9.17) is 14.2 Å². The van der Waals surface area contributed by atoms with E-state index in [2.05, 4.69) is 39.8 Å². The van der Waals surface area contributed by atoms with Gasteiger partial charge in [0.2, 0.25) is 5.79 Å². The van der Waals surface area contributed by atoms with Crippen molar-refractivity contribution in [2.45, 2.75) is 98.1 Å². The number of allylic oxidation sites excluding steroid dienone is 4. The molecule has 0 bridgehead atoms. The van der Waals surface area contributed by atoms with Crippen molar-refractivity contribution in [2.75, 3.05) is 0 Å². The molecule has 0 unspecified atom stereocenters. The van der Waals surface area contributed by atoms with Crippen LogP contribution in [0.25, 0.3) is 0 Å². The molecule has 0 radical (unpaired) electrons. The van der Waals surface area contributed by atoms with Crippen LogP contribution in [-0.2, 0) is 15.9 Å². The molecule has 5 heteroatoms. The van der Waals surface area contributed by atoms with Crippen molar-refractivity contribution >= 4 is 5.97 Å². The lowest BCUT2D eigenvalue weighted by atomic mass is 9.97. The molecule has 1 aromatic rings. The monoisotopic (exact) mass is 428 g/mol. The minimum atomic E-state index is -1.05. The van der Waals surface area contributed by atoms with E-state index in [1.807, 2.05) is 0 Å². The van der Waals surface area contributed by atoms with Gasteiger partial charge in [-0.2, -0.15) is 0 Å². The summed E-state index contributed by atoms with van der Waals surface area (Å²) in [6.07, 6.45) is 9.40. The molecule has 0 amide bonds. The number of fused-ring (bicyclic) bond motifs is 1. The minimum Gasteiger partial charge on any atom is -0.508 e. The standard InChI is InChI=1S/C26H36O5/c1-16(9-8-10-17(2)12-14-21-25(4,5)29-21)11-13-19-20(27)15-18(3)22-23(19)30-26(6,7)31-24(22)28/h10-11,15,21,27H,8-9,12-14H2,1-7H3/b16-11+,17-10+/t21-/m0/s1. The number of hydrogen-bond acceptors (Lipinski definition) is 5. The lowest BCUT2D eigenvalue weighted by Crippen LogP contribution is -2.39. The summed E-state index contributed by atoms with van der Waals surface area (Å²) >= 11 is 0. The zero-order valence-electron chi connectivity index (χ0n) is 19.9. The highest BCUT2D eigenvalue weighted by Gasteiger charge is 2.46. The molecule has 31 heavy (non-hydrogen) atoms. The maximum absolute atomic E-state index is 12.4. The molecular weight excluding hydrogens is 392 g/mol. The molecule has 1 fully saturated rings. The molecule has 3 rings (SSSR count). The average molecular weight is 429 g/mol. The molecule has 0 spiro atoms. The van der Waals surface area contributed by atoms with Crippen LogP contribution in [0.1, 0.15) is 88.7 Å². The topological polar surface area (TPSA) is 68.3 Å². The normalized spacial score (nSPS) is 21.9. The van der Waals surface area contributed by atoms with Crippen LogP contribution in [0.2, 0.25) is 0 Å². The predicted octanol–water partition coefficient (Wildman–Crippen LogP) is 6.16. The van der Waals surface area contributed by atoms with Gasteiger partial charge < -0.3 is 19.3 Å². The van der Waals surface area contributed by atoms with Crippen LogP contribution in [0.3, 0.4) is 0 Å². The molecule has 1 atom stereocenters. The number of hydrogen-bond donors (Lipinski definition) is 1. The first kappa shape index (κ1) is 23.4. The fourth-order valence-corrected chi connectivity index (χ4v) is 4.04. The second-order valence-corrected chi connectivity index (χ2v) is 9.88. The summed E-state index contributed by atoms with van der Waals surface area (Å²) in [7, 11) is 0. The van der Waals surface area contributed by atoms with Gasteiger partial charge in [0.15, 0.2) is 0 Å². The number of phenolic OH excluding ortho intramolecular Hbond substituents is 1. The number of benzene rings is 1. The number of aromatic hydroxyl groups is 1. The quantitative estimate of drug-likeness (QED) is 0.305. The van der Waals surface area contributed by atoms with E-state index in [1.165, 1.54) is 11.1 Å². The Labute approximate surface area is 186 Å². The van der Waals surface area contributed by atoms with Gasteiger partial charge in [-0.25, -0.2) is 4.79 Å². The molecule has 2 aliphatic rings. The largest absolute Gasteiger partial charge is 0.508 e. The summed E-state index contributed by atoms with van der Waals surface area (Å²) in [5.74, 6) is -0.886. The first-order valence-electron chi connectivity index (χ1n) is 11.2. The number of epoxide rings is 1. The zero-order chi connectivity index (χ0) is 23.0. The minimum absolute atomic E-state index is 0.0655.